The Balaban J connectivity index is 3.05. The second-order valence-electron chi connectivity index (χ2n) is 1.59. The van der Waals surface area contributed by atoms with Crippen molar-refractivity contribution in [3.05, 3.63) is 0 Å². The van der Waals surface area contributed by atoms with Crippen molar-refractivity contribution in [3.63, 3.8) is 0 Å². The standard InChI is InChI=1S/C6H12O2S2/c1-3-5-9-10-6(7)8-4-2/h3-5H2,1-2H3. The molecule has 0 atom stereocenters. The molecule has 0 bridgehead atoms. The monoisotopic (exact) mass is 180 g/mol. The number of ether oxygens (including phenoxy) is 1. The van der Waals surface area contributed by atoms with E-state index in [1.165, 1.54) is 10.8 Å². The lowest BCUT2D eigenvalue weighted by Gasteiger charge is -1.97. The summed E-state index contributed by atoms with van der Waals surface area (Å²) in [7, 11) is 2.72. The second-order valence-corrected chi connectivity index (χ2v) is 3.94. The predicted octanol–water partition coefficient (Wildman–Crippen LogP) is 2.93. The third kappa shape index (κ3) is 6.29. The Morgan fingerprint density at radius 1 is 1.50 bits per heavy atom. The minimum atomic E-state index is -0.180. The van der Waals surface area contributed by atoms with Crippen LogP contribution in [0.25, 0.3) is 0 Å². The minimum absolute atomic E-state index is 0.180. The highest BCUT2D eigenvalue weighted by Crippen LogP contribution is 2.23. The van der Waals surface area contributed by atoms with Crippen LogP contribution in [-0.2, 0) is 4.74 Å². The molecule has 0 saturated heterocycles. The van der Waals surface area contributed by atoms with Crippen molar-refractivity contribution < 1.29 is 9.53 Å². The van der Waals surface area contributed by atoms with E-state index in [-0.39, 0.29) is 5.30 Å². The number of rotatable bonds is 4. The van der Waals surface area contributed by atoms with Crippen molar-refractivity contribution >= 4 is 26.9 Å². The molecule has 0 aromatic heterocycles. The molecule has 0 aliphatic carbocycles. The summed E-state index contributed by atoms with van der Waals surface area (Å²) < 4.78 is 4.69. The topological polar surface area (TPSA) is 26.3 Å². The van der Waals surface area contributed by atoms with Crippen molar-refractivity contribution in [1.29, 1.82) is 0 Å². The average Bonchev–Trinajstić information content (AvgIpc) is 1.89. The maximum atomic E-state index is 10.6. The smallest absolute Gasteiger partial charge is 0.378 e. The highest BCUT2D eigenvalue weighted by atomic mass is 33.1. The lowest BCUT2D eigenvalue weighted by atomic mass is 10.6. The lowest BCUT2D eigenvalue weighted by molar-refractivity contribution is 0.182. The Morgan fingerprint density at radius 2 is 2.20 bits per heavy atom. The van der Waals surface area contributed by atoms with Crippen LogP contribution in [0, 0.1) is 0 Å². The number of carbonyl (C=O) groups is 1. The van der Waals surface area contributed by atoms with Gasteiger partial charge in [-0.05, 0) is 13.3 Å². The van der Waals surface area contributed by atoms with E-state index in [0.29, 0.717) is 6.61 Å². The van der Waals surface area contributed by atoms with E-state index in [1.807, 2.05) is 6.92 Å². The Morgan fingerprint density at radius 3 is 2.70 bits per heavy atom. The Labute approximate surface area is 69.5 Å². The lowest BCUT2D eigenvalue weighted by Crippen LogP contribution is -1.93. The summed E-state index contributed by atoms with van der Waals surface area (Å²) in [5, 5.41) is -0.180. The van der Waals surface area contributed by atoms with Gasteiger partial charge in [0.05, 0.1) is 6.61 Å². The van der Waals surface area contributed by atoms with Crippen LogP contribution in [0.2, 0.25) is 0 Å². The number of hydrogen-bond acceptors (Lipinski definition) is 4. The molecule has 0 aliphatic heterocycles. The first kappa shape index (κ1) is 10.2. The Hall–Kier alpha value is 0.170. The van der Waals surface area contributed by atoms with Crippen LogP contribution in [-0.4, -0.2) is 17.7 Å². The third-order valence-electron chi connectivity index (χ3n) is 0.677. The quantitative estimate of drug-likeness (QED) is 0.377. The van der Waals surface area contributed by atoms with Gasteiger partial charge in [-0.2, -0.15) is 0 Å². The molecule has 60 valence electrons. The summed E-state index contributed by atoms with van der Waals surface area (Å²) >= 11 is 0. The fourth-order valence-corrected chi connectivity index (χ4v) is 2.01. The van der Waals surface area contributed by atoms with Gasteiger partial charge >= 0.3 is 5.30 Å². The van der Waals surface area contributed by atoms with E-state index in [4.69, 9.17) is 4.74 Å². The highest BCUT2D eigenvalue weighted by molar-refractivity contribution is 8.82. The molecule has 0 spiro atoms. The van der Waals surface area contributed by atoms with Gasteiger partial charge in [0.25, 0.3) is 0 Å². The minimum Gasteiger partial charge on any atom is -0.457 e. The molecule has 0 fully saturated rings. The van der Waals surface area contributed by atoms with Gasteiger partial charge in [-0.1, -0.05) is 17.7 Å². The van der Waals surface area contributed by atoms with Crippen LogP contribution in [0.4, 0.5) is 4.79 Å². The van der Waals surface area contributed by atoms with E-state index in [9.17, 15) is 4.79 Å². The van der Waals surface area contributed by atoms with Crippen LogP contribution in [0.1, 0.15) is 20.3 Å². The van der Waals surface area contributed by atoms with Gasteiger partial charge in [-0.3, -0.25) is 0 Å². The molecule has 0 aromatic carbocycles. The highest BCUT2D eigenvalue weighted by Gasteiger charge is 2.00. The van der Waals surface area contributed by atoms with Gasteiger partial charge in [-0.15, -0.1) is 0 Å². The zero-order valence-corrected chi connectivity index (χ0v) is 7.89. The molecule has 0 radical (unpaired) electrons. The molecule has 0 aliphatic rings. The number of carbonyl (C=O) groups excluding carboxylic acids is 1. The second kappa shape index (κ2) is 7.28. The summed E-state index contributed by atoms with van der Waals surface area (Å²) in [5.74, 6) is 1.00. The van der Waals surface area contributed by atoms with Gasteiger partial charge in [0.1, 0.15) is 0 Å². The molecule has 0 rings (SSSR count). The maximum absolute atomic E-state index is 10.6. The zero-order valence-electron chi connectivity index (χ0n) is 6.25. The average molecular weight is 180 g/mol. The van der Waals surface area contributed by atoms with E-state index >= 15 is 0 Å². The van der Waals surface area contributed by atoms with Crippen LogP contribution < -0.4 is 0 Å². The van der Waals surface area contributed by atoms with Crippen molar-refractivity contribution in [2.45, 2.75) is 20.3 Å². The summed E-state index contributed by atoms with van der Waals surface area (Å²) in [5.41, 5.74) is 0. The SMILES string of the molecule is CCCSSC(=O)OCC. The summed E-state index contributed by atoms with van der Waals surface area (Å²) in [6.45, 7) is 4.36. The van der Waals surface area contributed by atoms with Gasteiger partial charge in [0, 0.05) is 16.5 Å². The maximum Gasteiger partial charge on any atom is 0.378 e. The molecule has 10 heavy (non-hydrogen) atoms. The fourth-order valence-electron chi connectivity index (χ4n) is 0.315. The molecule has 0 N–H and O–H groups in total. The zero-order chi connectivity index (χ0) is 7.82. The van der Waals surface area contributed by atoms with Crippen molar-refractivity contribution in [2.24, 2.45) is 0 Å². The van der Waals surface area contributed by atoms with Gasteiger partial charge < -0.3 is 4.74 Å². The summed E-state index contributed by atoms with van der Waals surface area (Å²) in [6.07, 6.45) is 1.09. The summed E-state index contributed by atoms with van der Waals surface area (Å²) in [4.78, 5) is 10.6. The van der Waals surface area contributed by atoms with Gasteiger partial charge in [0.2, 0.25) is 0 Å². The first-order valence-corrected chi connectivity index (χ1v) is 5.59. The van der Waals surface area contributed by atoms with E-state index in [1.54, 1.807) is 10.8 Å². The number of hydrogen-bond donors (Lipinski definition) is 0. The van der Waals surface area contributed by atoms with Crippen LogP contribution in [0.3, 0.4) is 0 Å². The van der Waals surface area contributed by atoms with E-state index < -0.39 is 0 Å². The molecular formula is C6H12O2S2. The Kier molecular flexibility index (Phi) is 7.40. The Bertz CT molecular complexity index is 95.7. The molecule has 0 aromatic rings. The fraction of sp³-hybridized carbons (Fsp3) is 0.833. The predicted molar refractivity (Wildman–Crippen MR) is 47.4 cm³/mol. The third-order valence-corrected chi connectivity index (χ3v) is 2.89. The van der Waals surface area contributed by atoms with Crippen LogP contribution >= 0.6 is 21.6 Å². The molecular weight excluding hydrogens is 168 g/mol. The molecule has 0 amide bonds. The summed E-state index contributed by atoms with van der Waals surface area (Å²) in [6, 6.07) is 0. The van der Waals surface area contributed by atoms with Crippen molar-refractivity contribution in [1.82, 2.24) is 0 Å². The molecule has 0 saturated carbocycles. The van der Waals surface area contributed by atoms with Crippen molar-refractivity contribution in [3.8, 4) is 0 Å². The van der Waals surface area contributed by atoms with Crippen molar-refractivity contribution in [2.75, 3.05) is 12.4 Å². The van der Waals surface area contributed by atoms with E-state index in [0.717, 1.165) is 12.2 Å². The molecule has 0 unspecified atom stereocenters. The molecule has 4 heteroatoms. The first-order valence-electron chi connectivity index (χ1n) is 3.27. The van der Waals surface area contributed by atoms with Gasteiger partial charge in [-0.25, -0.2) is 4.79 Å². The van der Waals surface area contributed by atoms with Crippen LogP contribution in [0.5, 0.6) is 0 Å². The molecule has 0 heterocycles. The normalized spacial score (nSPS) is 9.40. The van der Waals surface area contributed by atoms with E-state index in [2.05, 4.69) is 6.92 Å². The molecule has 2 nitrogen and oxygen atoms in total. The largest absolute Gasteiger partial charge is 0.457 e. The van der Waals surface area contributed by atoms with Gasteiger partial charge in [0.15, 0.2) is 0 Å². The first-order chi connectivity index (χ1) is 4.81. The van der Waals surface area contributed by atoms with Crippen LogP contribution in [0.15, 0.2) is 0 Å².